The highest BCUT2D eigenvalue weighted by Crippen LogP contribution is 2.60. The zero-order chi connectivity index (χ0) is 14.2. The van der Waals surface area contributed by atoms with Crippen molar-refractivity contribution in [2.75, 3.05) is 0 Å². The molecule has 4 nitrogen and oxygen atoms in total. The van der Waals surface area contributed by atoms with E-state index in [1.807, 2.05) is 39.3 Å². The van der Waals surface area contributed by atoms with Crippen molar-refractivity contribution in [1.82, 2.24) is 0 Å². The van der Waals surface area contributed by atoms with Gasteiger partial charge in [-0.2, -0.15) is 0 Å². The number of rotatable bonds is 5. The number of hydrogen-bond acceptors (Lipinski definition) is 4. The average molecular weight is 375 g/mol. The SMILES string of the molecule is C[Si](C)(C)OP(=O)(O[Si](C)(C)C)C1CCC(Br)O1. The van der Waals surface area contributed by atoms with Crippen LogP contribution in [0, 0.1) is 0 Å². The first-order valence-corrected chi connectivity index (χ1v) is 15.6. The van der Waals surface area contributed by atoms with E-state index >= 15 is 0 Å². The van der Waals surface area contributed by atoms with Gasteiger partial charge in [-0.05, 0) is 52.1 Å². The Kier molecular flexibility index (Phi) is 5.50. The highest BCUT2D eigenvalue weighted by atomic mass is 79.9. The molecule has 0 saturated carbocycles. The molecule has 0 aliphatic carbocycles. The Bertz CT molecular complexity index is 320. The van der Waals surface area contributed by atoms with Gasteiger partial charge in [0, 0.05) is 0 Å². The average Bonchev–Trinajstić information content (AvgIpc) is 2.44. The van der Waals surface area contributed by atoms with Crippen LogP contribution in [0.2, 0.25) is 39.3 Å². The van der Waals surface area contributed by atoms with E-state index in [0.717, 1.165) is 12.8 Å². The van der Waals surface area contributed by atoms with Crippen molar-refractivity contribution in [3.05, 3.63) is 0 Å². The molecule has 1 aliphatic rings. The third kappa shape index (κ3) is 5.57. The van der Waals surface area contributed by atoms with Crippen LogP contribution in [0.4, 0.5) is 0 Å². The standard InChI is InChI=1S/C10H24BrO4PSi2/c1-17(2,3)14-16(12,15-18(4,5)6)10-8-7-9(11)13-10/h9-10H,7-8H2,1-6H3. The molecule has 1 aliphatic heterocycles. The number of alkyl halides is 1. The molecule has 2 unspecified atom stereocenters. The first-order valence-electron chi connectivity index (χ1n) is 6.22. The fourth-order valence-corrected chi connectivity index (χ4v) is 10.7. The molecule has 0 aromatic carbocycles. The van der Waals surface area contributed by atoms with Crippen molar-refractivity contribution in [3.63, 3.8) is 0 Å². The van der Waals surface area contributed by atoms with Gasteiger partial charge < -0.3 is 13.2 Å². The van der Waals surface area contributed by atoms with Crippen molar-refractivity contribution in [1.29, 1.82) is 0 Å². The lowest BCUT2D eigenvalue weighted by Crippen LogP contribution is -2.33. The normalized spacial score (nSPS) is 26.6. The fraction of sp³-hybridized carbons (Fsp3) is 1.00. The molecule has 18 heavy (non-hydrogen) atoms. The predicted octanol–water partition coefficient (Wildman–Crippen LogP) is 4.74. The molecule has 0 radical (unpaired) electrons. The van der Waals surface area contributed by atoms with Crippen molar-refractivity contribution in [3.8, 4) is 0 Å². The van der Waals surface area contributed by atoms with Gasteiger partial charge in [0.15, 0.2) is 22.5 Å². The Balaban J connectivity index is 2.91. The molecule has 0 N–H and O–H groups in total. The van der Waals surface area contributed by atoms with Gasteiger partial charge in [0.1, 0.15) is 5.01 Å². The first-order chi connectivity index (χ1) is 7.91. The van der Waals surface area contributed by atoms with Crippen molar-refractivity contribution in [2.24, 2.45) is 0 Å². The van der Waals surface area contributed by atoms with E-state index in [1.54, 1.807) is 0 Å². The second kappa shape index (κ2) is 5.79. The lowest BCUT2D eigenvalue weighted by molar-refractivity contribution is 0.127. The quantitative estimate of drug-likeness (QED) is 0.396. The summed E-state index contributed by atoms with van der Waals surface area (Å²) in [5.41, 5.74) is 0. The third-order valence-electron chi connectivity index (χ3n) is 2.10. The highest BCUT2D eigenvalue weighted by Gasteiger charge is 2.46. The molecule has 8 heteroatoms. The van der Waals surface area contributed by atoms with E-state index in [4.69, 9.17) is 13.2 Å². The minimum Gasteiger partial charge on any atom is -0.351 e. The zero-order valence-electron chi connectivity index (χ0n) is 12.0. The minimum atomic E-state index is -3.18. The van der Waals surface area contributed by atoms with Crippen LogP contribution in [0.15, 0.2) is 0 Å². The molecule has 0 amide bonds. The van der Waals surface area contributed by atoms with E-state index in [1.165, 1.54) is 0 Å². The van der Waals surface area contributed by atoms with Gasteiger partial charge in [-0.15, -0.1) is 0 Å². The lowest BCUT2D eigenvalue weighted by Gasteiger charge is -2.33. The van der Waals surface area contributed by atoms with Crippen LogP contribution in [0.25, 0.3) is 0 Å². The van der Waals surface area contributed by atoms with Gasteiger partial charge >= 0.3 is 7.60 Å². The van der Waals surface area contributed by atoms with Crippen LogP contribution in [0.1, 0.15) is 12.8 Å². The largest absolute Gasteiger partial charge is 0.351 e. The molecule has 2 atom stereocenters. The molecule has 0 bridgehead atoms. The molecule has 1 rings (SSSR count). The maximum absolute atomic E-state index is 13.1. The van der Waals surface area contributed by atoms with E-state index in [0.29, 0.717) is 0 Å². The summed E-state index contributed by atoms with van der Waals surface area (Å²) in [6.07, 6.45) is 1.57. The maximum Gasteiger partial charge on any atom is 0.340 e. The van der Waals surface area contributed by atoms with Crippen LogP contribution in [-0.2, 0) is 17.7 Å². The number of hydrogen-bond donors (Lipinski definition) is 0. The summed E-state index contributed by atoms with van der Waals surface area (Å²) < 4.78 is 30.5. The van der Waals surface area contributed by atoms with Crippen LogP contribution >= 0.6 is 23.5 Å². The molecular formula is C10H24BrO4PSi2. The Morgan fingerprint density at radius 3 is 1.78 bits per heavy atom. The van der Waals surface area contributed by atoms with Crippen LogP contribution in [-0.4, -0.2) is 27.5 Å². The van der Waals surface area contributed by atoms with Crippen LogP contribution in [0.5, 0.6) is 0 Å². The first kappa shape index (κ1) is 17.1. The summed E-state index contributed by atoms with van der Waals surface area (Å²) >= 11 is 3.40. The van der Waals surface area contributed by atoms with E-state index in [9.17, 15) is 4.57 Å². The molecule has 108 valence electrons. The van der Waals surface area contributed by atoms with Crippen molar-refractivity contribution < 1.29 is 17.7 Å². The van der Waals surface area contributed by atoms with Crippen molar-refractivity contribution >= 4 is 40.2 Å². The topological polar surface area (TPSA) is 44.8 Å². The fourth-order valence-electron chi connectivity index (χ4n) is 1.71. The van der Waals surface area contributed by atoms with Crippen LogP contribution in [0.3, 0.4) is 0 Å². The highest BCUT2D eigenvalue weighted by molar-refractivity contribution is 9.09. The van der Waals surface area contributed by atoms with E-state index in [2.05, 4.69) is 15.9 Å². The predicted molar refractivity (Wildman–Crippen MR) is 83.3 cm³/mol. The Morgan fingerprint density at radius 1 is 1.06 bits per heavy atom. The molecule has 1 heterocycles. The Labute approximate surface area is 121 Å². The van der Waals surface area contributed by atoms with Gasteiger partial charge in [-0.3, -0.25) is 4.57 Å². The van der Waals surface area contributed by atoms with E-state index in [-0.39, 0.29) is 5.01 Å². The van der Waals surface area contributed by atoms with Crippen LogP contribution < -0.4 is 0 Å². The van der Waals surface area contributed by atoms with Gasteiger partial charge in [0.2, 0.25) is 0 Å². The summed E-state index contributed by atoms with van der Waals surface area (Å²) in [6, 6.07) is 0. The lowest BCUT2D eigenvalue weighted by atomic mass is 10.4. The molecule has 1 fully saturated rings. The minimum absolute atomic E-state index is 0.0358. The molecule has 0 aromatic heterocycles. The maximum atomic E-state index is 13.1. The van der Waals surface area contributed by atoms with Gasteiger partial charge in [-0.1, -0.05) is 15.9 Å². The molecular weight excluding hydrogens is 351 g/mol. The third-order valence-corrected chi connectivity index (χ3v) is 10.3. The summed E-state index contributed by atoms with van der Waals surface area (Å²) in [5.74, 6) is -0.416. The molecule has 1 saturated heterocycles. The summed E-state index contributed by atoms with van der Waals surface area (Å²) in [4.78, 5) is 0. The second-order valence-corrected chi connectivity index (χ2v) is 19.1. The molecule has 0 spiro atoms. The Hall–Kier alpha value is 1.02. The molecule has 0 aromatic rings. The summed E-state index contributed by atoms with van der Waals surface area (Å²) in [6.45, 7) is 12.1. The van der Waals surface area contributed by atoms with Gasteiger partial charge in [0.25, 0.3) is 0 Å². The number of ether oxygens (including phenoxy) is 1. The second-order valence-electron chi connectivity index (χ2n) is 6.53. The van der Waals surface area contributed by atoms with E-state index < -0.39 is 30.1 Å². The summed E-state index contributed by atoms with van der Waals surface area (Å²) in [5, 5.41) is -0.0358. The monoisotopic (exact) mass is 374 g/mol. The smallest absolute Gasteiger partial charge is 0.340 e. The van der Waals surface area contributed by atoms with Gasteiger partial charge in [-0.25, -0.2) is 0 Å². The van der Waals surface area contributed by atoms with Gasteiger partial charge in [0.05, 0.1) is 0 Å². The number of halogens is 1. The van der Waals surface area contributed by atoms with Crippen molar-refractivity contribution in [2.45, 2.75) is 63.0 Å². The Morgan fingerprint density at radius 2 is 1.50 bits per heavy atom. The zero-order valence-corrected chi connectivity index (χ0v) is 16.5. The summed E-state index contributed by atoms with van der Waals surface area (Å²) in [7, 11) is -7.06.